The van der Waals surface area contributed by atoms with Crippen molar-refractivity contribution in [3.63, 3.8) is 0 Å². The highest BCUT2D eigenvalue weighted by Crippen LogP contribution is 2.27. The van der Waals surface area contributed by atoms with Crippen molar-refractivity contribution in [2.24, 2.45) is 5.92 Å². The lowest BCUT2D eigenvalue weighted by atomic mass is 10.1. The van der Waals surface area contributed by atoms with Gasteiger partial charge in [-0.25, -0.2) is 0 Å². The number of alkyl halides is 3. The van der Waals surface area contributed by atoms with Gasteiger partial charge in [-0.1, -0.05) is 24.6 Å². The van der Waals surface area contributed by atoms with E-state index in [1.807, 2.05) is 11.9 Å². The van der Waals surface area contributed by atoms with E-state index >= 15 is 0 Å². The number of halogens is 3. The Morgan fingerprint density at radius 1 is 1.27 bits per heavy atom. The Balaban J connectivity index is 1.93. The fraction of sp³-hybridized carbons (Fsp3) is 0.625. The van der Waals surface area contributed by atoms with E-state index in [0.717, 1.165) is 31.4 Å². The summed E-state index contributed by atoms with van der Waals surface area (Å²) < 4.78 is 41.8. The first-order valence-corrected chi connectivity index (χ1v) is 7.49. The highest BCUT2D eigenvalue weighted by atomic mass is 19.4. The summed E-state index contributed by atoms with van der Waals surface area (Å²) in [5, 5.41) is 9.86. The molecule has 1 aliphatic carbocycles. The number of ether oxygens (including phenoxy) is 1. The molecule has 2 atom stereocenters. The zero-order valence-electron chi connectivity index (χ0n) is 12.6. The second kappa shape index (κ2) is 7.33. The average Bonchev–Trinajstić information content (AvgIpc) is 2.82. The molecule has 0 aliphatic heterocycles. The largest absolute Gasteiger partial charge is 0.484 e. The van der Waals surface area contributed by atoms with Crippen LogP contribution in [0, 0.1) is 5.92 Å². The van der Waals surface area contributed by atoms with Gasteiger partial charge in [0.1, 0.15) is 5.75 Å². The Bertz CT molecular complexity index is 479. The Hall–Kier alpha value is -1.27. The summed E-state index contributed by atoms with van der Waals surface area (Å²) in [5.41, 5.74) is 0.724. The van der Waals surface area contributed by atoms with Crippen LogP contribution >= 0.6 is 0 Å². The minimum atomic E-state index is -4.34. The Morgan fingerprint density at radius 2 is 2.00 bits per heavy atom. The van der Waals surface area contributed by atoms with E-state index in [9.17, 15) is 18.3 Å². The Kier molecular flexibility index (Phi) is 5.69. The van der Waals surface area contributed by atoms with Gasteiger partial charge in [0, 0.05) is 18.7 Å². The second-order valence-corrected chi connectivity index (χ2v) is 5.97. The van der Waals surface area contributed by atoms with E-state index in [-0.39, 0.29) is 17.8 Å². The smallest absolute Gasteiger partial charge is 0.422 e. The molecule has 0 saturated heterocycles. The molecule has 6 heteroatoms. The third kappa shape index (κ3) is 5.18. The fourth-order valence-electron chi connectivity index (χ4n) is 2.92. The van der Waals surface area contributed by atoms with Crippen molar-refractivity contribution >= 4 is 0 Å². The van der Waals surface area contributed by atoms with Crippen molar-refractivity contribution in [3.05, 3.63) is 29.8 Å². The zero-order chi connectivity index (χ0) is 16.2. The molecule has 1 N–H and O–H groups in total. The van der Waals surface area contributed by atoms with E-state index in [1.165, 1.54) is 0 Å². The molecule has 1 aliphatic rings. The lowest BCUT2D eigenvalue weighted by Crippen LogP contribution is -2.29. The number of para-hydroxylation sites is 1. The van der Waals surface area contributed by atoms with Crippen LogP contribution in [0.3, 0.4) is 0 Å². The van der Waals surface area contributed by atoms with E-state index in [2.05, 4.69) is 0 Å². The molecule has 1 aromatic carbocycles. The molecule has 2 unspecified atom stereocenters. The SMILES string of the molecule is CN(Cc1ccccc1OCC(F)(F)F)CC1CCCC1O. The summed E-state index contributed by atoms with van der Waals surface area (Å²) in [7, 11) is 1.91. The van der Waals surface area contributed by atoms with Crippen LogP contribution in [0.2, 0.25) is 0 Å². The number of hydrogen-bond acceptors (Lipinski definition) is 3. The van der Waals surface area contributed by atoms with E-state index in [4.69, 9.17) is 4.74 Å². The van der Waals surface area contributed by atoms with Gasteiger partial charge in [0.25, 0.3) is 0 Å². The summed E-state index contributed by atoms with van der Waals surface area (Å²) in [6.45, 7) is -0.0545. The minimum Gasteiger partial charge on any atom is -0.484 e. The van der Waals surface area contributed by atoms with E-state index < -0.39 is 12.8 Å². The number of nitrogens with zero attached hydrogens (tertiary/aromatic N) is 1. The fourth-order valence-corrected chi connectivity index (χ4v) is 2.92. The van der Waals surface area contributed by atoms with Crippen LogP contribution in [0.5, 0.6) is 5.75 Å². The molecule has 3 nitrogen and oxygen atoms in total. The van der Waals surface area contributed by atoms with Crippen LogP contribution in [0.1, 0.15) is 24.8 Å². The monoisotopic (exact) mass is 317 g/mol. The van der Waals surface area contributed by atoms with Gasteiger partial charge in [0.2, 0.25) is 0 Å². The average molecular weight is 317 g/mol. The van der Waals surface area contributed by atoms with E-state index in [1.54, 1.807) is 24.3 Å². The molecule has 0 amide bonds. The number of benzene rings is 1. The summed E-state index contributed by atoms with van der Waals surface area (Å²) in [4.78, 5) is 2.02. The van der Waals surface area contributed by atoms with Crippen LogP contribution in [0.4, 0.5) is 13.2 Å². The van der Waals surface area contributed by atoms with Crippen molar-refractivity contribution in [1.29, 1.82) is 0 Å². The molecule has 1 aromatic rings. The molecule has 0 bridgehead atoms. The third-order valence-corrected chi connectivity index (χ3v) is 3.97. The van der Waals surface area contributed by atoms with Gasteiger partial charge in [0.15, 0.2) is 6.61 Å². The molecular weight excluding hydrogens is 295 g/mol. The van der Waals surface area contributed by atoms with Crippen molar-refractivity contribution in [1.82, 2.24) is 4.90 Å². The van der Waals surface area contributed by atoms with Crippen LogP contribution in [-0.4, -0.2) is 42.5 Å². The Labute approximate surface area is 128 Å². The number of hydrogen-bond donors (Lipinski definition) is 1. The predicted molar refractivity (Wildman–Crippen MR) is 77.7 cm³/mol. The van der Waals surface area contributed by atoms with Crippen LogP contribution in [0.25, 0.3) is 0 Å². The highest BCUT2D eigenvalue weighted by Gasteiger charge is 2.29. The van der Waals surface area contributed by atoms with E-state index in [0.29, 0.717) is 6.54 Å². The van der Waals surface area contributed by atoms with Gasteiger partial charge in [-0.2, -0.15) is 13.2 Å². The first-order valence-electron chi connectivity index (χ1n) is 7.49. The lowest BCUT2D eigenvalue weighted by Gasteiger charge is -2.24. The molecule has 0 radical (unpaired) electrons. The molecule has 124 valence electrons. The maximum Gasteiger partial charge on any atom is 0.422 e. The Morgan fingerprint density at radius 3 is 2.64 bits per heavy atom. The topological polar surface area (TPSA) is 32.7 Å². The van der Waals surface area contributed by atoms with Crippen LogP contribution in [-0.2, 0) is 6.54 Å². The molecule has 1 saturated carbocycles. The number of aliphatic hydroxyl groups is 1. The first kappa shape index (κ1) is 17.1. The van der Waals surface area contributed by atoms with Gasteiger partial charge in [0.05, 0.1) is 6.10 Å². The molecule has 0 aromatic heterocycles. The molecular formula is C16H22F3NO2. The lowest BCUT2D eigenvalue weighted by molar-refractivity contribution is -0.153. The van der Waals surface area contributed by atoms with Gasteiger partial charge in [-0.15, -0.1) is 0 Å². The molecule has 22 heavy (non-hydrogen) atoms. The molecule has 0 heterocycles. The maximum absolute atomic E-state index is 12.3. The normalized spacial score (nSPS) is 22.3. The van der Waals surface area contributed by atoms with Crippen molar-refractivity contribution < 1.29 is 23.0 Å². The zero-order valence-corrected chi connectivity index (χ0v) is 12.6. The number of rotatable bonds is 6. The van der Waals surface area contributed by atoms with Crippen molar-refractivity contribution in [2.45, 2.75) is 38.1 Å². The van der Waals surface area contributed by atoms with Gasteiger partial charge in [-0.05, 0) is 31.9 Å². The molecule has 0 spiro atoms. The quantitative estimate of drug-likeness (QED) is 0.874. The van der Waals surface area contributed by atoms with Crippen LogP contribution < -0.4 is 4.74 Å². The third-order valence-electron chi connectivity index (χ3n) is 3.97. The predicted octanol–water partition coefficient (Wildman–Crippen LogP) is 3.22. The number of aliphatic hydroxyl groups excluding tert-OH is 1. The van der Waals surface area contributed by atoms with Gasteiger partial charge < -0.3 is 14.7 Å². The van der Waals surface area contributed by atoms with Crippen molar-refractivity contribution in [3.8, 4) is 5.75 Å². The molecule has 2 rings (SSSR count). The standard InChI is InChI=1S/C16H22F3NO2/c1-20(9-12-6-4-7-14(12)21)10-13-5-2-3-8-15(13)22-11-16(17,18)19/h2-3,5,8,12,14,21H,4,6-7,9-11H2,1H3. The summed E-state index contributed by atoms with van der Waals surface area (Å²) >= 11 is 0. The summed E-state index contributed by atoms with van der Waals surface area (Å²) in [6, 6.07) is 6.77. The van der Waals surface area contributed by atoms with Crippen molar-refractivity contribution in [2.75, 3.05) is 20.2 Å². The summed E-state index contributed by atoms with van der Waals surface area (Å²) in [5.74, 6) is 0.506. The first-order chi connectivity index (χ1) is 10.3. The van der Waals surface area contributed by atoms with Crippen LogP contribution in [0.15, 0.2) is 24.3 Å². The maximum atomic E-state index is 12.3. The van der Waals surface area contributed by atoms with Gasteiger partial charge in [-0.3, -0.25) is 0 Å². The minimum absolute atomic E-state index is 0.244. The molecule has 1 fully saturated rings. The highest BCUT2D eigenvalue weighted by molar-refractivity contribution is 5.33. The van der Waals surface area contributed by atoms with Gasteiger partial charge >= 0.3 is 6.18 Å². The summed E-state index contributed by atoms with van der Waals surface area (Å²) in [6.07, 6.45) is -1.74. The second-order valence-electron chi connectivity index (χ2n) is 5.97.